The quantitative estimate of drug-likeness (QED) is 0.610. The van der Waals surface area contributed by atoms with Crippen molar-refractivity contribution in [2.75, 3.05) is 0 Å². The predicted molar refractivity (Wildman–Crippen MR) is 68.5 cm³/mol. The monoisotopic (exact) mass is 262 g/mol. The van der Waals surface area contributed by atoms with E-state index in [1.807, 2.05) is 19.9 Å². The maximum atomic E-state index is 11.9. The lowest BCUT2D eigenvalue weighted by Gasteiger charge is -2.46. The zero-order chi connectivity index (χ0) is 14.0. The van der Waals surface area contributed by atoms with Gasteiger partial charge in [-0.2, -0.15) is 0 Å². The molecule has 1 spiro atoms. The number of carboxylic acid groups (broad SMARTS) is 1. The van der Waals surface area contributed by atoms with Gasteiger partial charge in [-0.3, -0.25) is 4.79 Å². The Kier molecular flexibility index (Phi) is 2.37. The highest BCUT2D eigenvalue weighted by molar-refractivity contribution is 5.94. The van der Waals surface area contributed by atoms with E-state index < -0.39 is 5.97 Å². The van der Waals surface area contributed by atoms with Crippen molar-refractivity contribution < 1.29 is 19.4 Å². The van der Waals surface area contributed by atoms with E-state index in [9.17, 15) is 9.59 Å². The van der Waals surface area contributed by atoms with E-state index in [1.165, 1.54) is 0 Å². The number of hydrogen-bond donors (Lipinski definition) is 1. The van der Waals surface area contributed by atoms with Gasteiger partial charge in [0.05, 0.1) is 6.10 Å². The molecule has 3 aliphatic rings. The molecule has 3 rings (SSSR count). The highest BCUT2D eigenvalue weighted by Crippen LogP contribution is 2.65. The van der Waals surface area contributed by atoms with Crippen molar-refractivity contribution >= 4 is 11.8 Å². The summed E-state index contributed by atoms with van der Waals surface area (Å²) in [4.78, 5) is 23.1. The van der Waals surface area contributed by atoms with Crippen LogP contribution in [0.2, 0.25) is 0 Å². The van der Waals surface area contributed by atoms with E-state index >= 15 is 0 Å². The van der Waals surface area contributed by atoms with E-state index in [0.717, 1.165) is 0 Å². The molecule has 102 valence electrons. The molecule has 5 atom stereocenters. The minimum Gasteiger partial charge on any atom is -0.478 e. The number of epoxide rings is 1. The summed E-state index contributed by atoms with van der Waals surface area (Å²) >= 11 is 0. The van der Waals surface area contributed by atoms with Crippen LogP contribution < -0.4 is 0 Å². The highest BCUT2D eigenvalue weighted by Gasteiger charge is 2.72. The first-order chi connectivity index (χ1) is 8.82. The summed E-state index contributed by atoms with van der Waals surface area (Å²) in [6.07, 6.45) is 4.87. The molecular weight excluding hydrogens is 244 g/mol. The van der Waals surface area contributed by atoms with Crippen molar-refractivity contribution in [3.05, 3.63) is 24.3 Å². The lowest BCUT2D eigenvalue weighted by Crippen LogP contribution is -2.51. The van der Waals surface area contributed by atoms with Gasteiger partial charge in [0.1, 0.15) is 5.60 Å². The Morgan fingerprint density at radius 3 is 2.89 bits per heavy atom. The first kappa shape index (κ1) is 12.6. The average molecular weight is 262 g/mol. The maximum Gasteiger partial charge on any atom is 0.331 e. The Morgan fingerprint density at radius 2 is 2.26 bits per heavy atom. The molecule has 0 unspecified atom stereocenters. The van der Waals surface area contributed by atoms with Crippen LogP contribution in [-0.2, 0) is 14.3 Å². The van der Waals surface area contributed by atoms with E-state index in [0.29, 0.717) is 12.8 Å². The molecule has 2 fully saturated rings. The molecule has 0 bridgehead atoms. The second kappa shape index (κ2) is 3.57. The minimum absolute atomic E-state index is 0.0270. The Hall–Kier alpha value is -1.42. The van der Waals surface area contributed by atoms with Gasteiger partial charge in [0.2, 0.25) is 0 Å². The van der Waals surface area contributed by atoms with E-state index in [4.69, 9.17) is 9.84 Å². The SMILES string of the molecule is C=C(C(=O)O)[C@@H]1C[C@H]2O[C@]23C=CC(=O)[C@H](C)[C@@]3(C)C1. The number of ketones is 1. The summed E-state index contributed by atoms with van der Waals surface area (Å²) in [5.74, 6) is -1.10. The molecule has 0 aromatic carbocycles. The van der Waals surface area contributed by atoms with Crippen molar-refractivity contribution in [3.63, 3.8) is 0 Å². The van der Waals surface area contributed by atoms with Crippen LogP contribution in [0, 0.1) is 17.3 Å². The normalized spacial score (nSPS) is 47.3. The summed E-state index contributed by atoms with van der Waals surface area (Å²) in [6.45, 7) is 7.64. The smallest absolute Gasteiger partial charge is 0.331 e. The molecule has 1 saturated heterocycles. The number of ether oxygens (including phenoxy) is 1. The zero-order valence-electron chi connectivity index (χ0n) is 11.2. The average Bonchev–Trinajstić information content (AvgIpc) is 3.07. The van der Waals surface area contributed by atoms with Gasteiger partial charge in [0.25, 0.3) is 0 Å². The van der Waals surface area contributed by atoms with Crippen LogP contribution >= 0.6 is 0 Å². The second-order valence-electron chi connectivity index (χ2n) is 6.24. The summed E-state index contributed by atoms with van der Waals surface area (Å²) in [5.41, 5.74) is -0.444. The molecule has 0 aromatic heterocycles. The van der Waals surface area contributed by atoms with Gasteiger partial charge in [0, 0.05) is 16.9 Å². The van der Waals surface area contributed by atoms with Crippen LogP contribution in [0.1, 0.15) is 26.7 Å². The molecule has 2 aliphatic carbocycles. The molecule has 1 N–H and O–H groups in total. The number of carbonyl (C=O) groups is 2. The predicted octanol–water partition coefficient (Wildman–Crippen LogP) is 1.96. The standard InChI is InChI=1S/C15H18O4/c1-8(13(17)18)10-6-12-15(19-12)5-4-11(16)9(2)14(15,3)7-10/h4-5,9-10,12H,1,6-7H2,2-3H3,(H,17,18)/t9-,10+,12+,14+,15+/m0/s1. The third-order valence-electron chi connectivity index (χ3n) is 5.47. The van der Waals surface area contributed by atoms with Gasteiger partial charge in [-0.25, -0.2) is 4.79 Å². The Labute approximate surface area is 112 Å². The summed E-state index contributed by atoms with van der Waals surface area (Å²) < 4.78 is 5.88. The summed E-state index contributed by atoms with van der Waals surface area (Å²) in [6, 6.07) is 0. The number of rotatable bonds is 2. The van der Waals surface area contributed by atoms with E-state index in [1.54, 1.807) is 6.08 Å². The van der Waals surface area contributed by atoms with Crippen molar-refractivity contribution in [1.82, 2.24) is 0 Å². The fourth-order valence-electron chi connectivity index (χ4n) is 3.90. The van der Waals surface area contributed by atoms with Crippen LogP contribution in [-0.4, -0.2) is 28.6 Å². The molecule has 0 radical (unpaired) electrons. The van der Waals surface area contributed by atoms with Gasteiger partial charge in [0.15, 0.2) is 5.78 Å². The summed E-state index contributed by atoms with van der Waals surface area (Å²) in [5, 5.41) is 9.11. The number of aliphatic carboxylic acids is 1. The Bertz CT molecular complexity index is 520. The topological polar surface area (TPSA) is 66.9 Å². The van der Waals surface area contributed by atoms with Crippen LogP contribution in [0.4, 0.5) is 0 Å². The highest BCUT2D eigenvalue weighted by atomic mass is 16.6. The van der Waals surface area contributed by atoms with Crippen molar-refractivity contribution in [1.29, 1.82) is 0 Å². The lowest BCUT2D eigenvalue weighted by molar-refractivity contribution is -0.133. The number of carboxylic acids is 1. The van der Waals surface area contributed by atoms with Gasteiger partial charge >= 0.3 is 5.97 Å². The fraction of sp³-hybridized carbons (Fsp3) is 0.600. The van der Waals surface area contributed by atoms with Crippen molar-refractivity contribution in [3.8, 4) is 0 Å². The van der Waals surface area contributed by atoms with Crippen molar-refractivity contribution in [2.45, 2.75) is 38.4 Å². The Morgan fingerprint density at radius 1 is 1.58 bits per heavy atom. The van der Waals surface area contributed by atoms with Crippen LogP contribution in [0.15, 0.2) is 24.3 Å². The molecule has 0 amide bonds. The fourth-order valence-corrected chi connectivity index (χ4v) is 3.90. The third kappa shape index (κ3) is 1.43. The van der Waals surface area contributed by atoms with Gasteiger partial charge < -0.3 is 9.84 Å². The molecule has 19 heavy (non-hydrogen) atoms. The molecule has 0 aromatic rings. The first-order valence-corrected chi connectivity index (χ1v) is 6.65. The molecule has 1 heterocycles. The molecule has 1 saturated carbocycles. The maximum absolute atomic E-state index is 11.9. The van der Waals surface area contributed by atoms with Gasteiger partial charge in [-0.15, -0.1) is 0 Å². The minimum atomic E-state index is -0.952. The van der Waals surface area contributed by atoms with Crippen molar-refractivity contribution in [2.24, 2.45) is 17.3 Å². The Balaban J connectivity index is 1.96. The number of carbonyl (C=O) groups excluding carboxylic acids is 1. The largest absolute Gasteiger partial charge is 0.478 e. The number of hydrogen-bond acceptors (Lipinski definition) is 3. The molecule has 4 heteroatoms. The number of allylic oxidation sites excluding steroid dienone is 1. The van der Waals surface area contributed by atoms with Crippen LogP contribution in [0.25, 0.3) is 0 Å². The third-order valence-corrected chi connectivity index (χ3v) is 5.47. The zero-order valence-corrected chi connectivity index (χ0v) is 11.2. The molecule has 1 aliphatic heterocycles. The van der Waals surface area contributed by atoms with Gasteiger partial charge in [-0.05, 0) is 30.9 Å². The van der Waals surface area contributed by atoms with E-state index in [2.05, 4.69) is 6.58 Å². The summed E-state index contributed by atoms with van der Waals surface area (Å²) in [7, 11) is 0. The van der Waals surface area contributed by atoms with Crippen LogP contribution in [0.3, 0.4) is 0 Å². The lowest BCUT2D eigenvalue weighted by atomic mass is 9.54. The van der Waals surface area contributed by atoms with Crippen LogP contribution in [0.5, 0.6) is 0 Å². The molecular formula is C15H18O4. The molecule has 4 nitrogen and oxygen atoms in total. The first-order valence-electron chi connectivity index (χ1n) is 6.65. The van der Waals surface area contributed by atoms with Gasteiger partial charge in [-0.1, -0.05) is 20.4 Å². The van der Waals surface area contributed by atoms with E-state index in [-0.39, 0.29) is 40.3 Å². The second-order valence-corrected chi connectivity index (χ2v) is 6.24.